The highest BCUT2D eigenvalue weighted by atomic mass is 15.3. The van der Waals surface area contributed by atoms with Crippen LogP contribution in [-0.2, 0) is 13.6 Å². The fraction of sp³-hybridized carbons (Fsp3) is 0.625. The van der Waals surface area contributed by atoms with E-state index in [1.165, 1.54) is 0 Å². The first kappa shape index (κ1) is 10.5. The Balaban J connectivity index is 2.50. The summed E-state index contributed by atoms with van der Waals surface area (Å²) in [6.07, 6.45) is 1.64. The lowest BCUT2D eigenvalue weighted by molar-refractivity contribution is 0.717. The lowest BCUT2D eigenvalue weighted by Gasteiger charge is -2.07. The van der Waals surface area contributed by atoms with Crippen molar-refractivity contribution in [2.45, 2.75) is 26.4 Å². The van der Waals surface area contributed by atoms with Crippen molar-refractivity contribution in [3.8, 4) is 0 Å². The zero-order valence-corrected chi connectivity index (χ0v) is 8.73. The van der Waals surface area contributed by atoms with Crippen LogP contribution in [-0.4, -0.2) is 26.8 Å². The minimum Gasteiger partial charge on any atom is -0.370 e. The van der Waals surface area contributed by atoms with Gasteiger partial charge < -0.3 is 15.6 Å². The van der Waals surface area contributed by atoms with Crippen LogP contribution in [0.25, 0.3) is 0 Å². The molecule has 1 heterocycles. The van der Waals surface area contributed by atoms with Crippen molar-refractivity contribution < 1.29 is 0 Å². The second-order valence-corrected chi connectivity index (χ2v) is 3.36. The molecule has 0 aliphatic carbocycles. The molecule has 78 valence electrons. The fourth-order valence-electron chi connectivity index (χ4n) is 0.948. The molecule has 0 saturated carbocycles. The topological polar surface area (TPSA) is 81.1 Å². The highest BCUT2D eigenvalue weighted by molar-refractivity contribution is 5.77. The Kier molecular flexibility index (Phi) is 3.44. The van der Waals surface area contributed by atoms with Gasteiger partial charge in [0.05, 0.1) is 0 Å². The van der Waals surface area contributed by atoms with E-state index in [0.717, 1.165) is 5.82 Å². The van der Waals surface area contributed by atoms with E-state index in [1.54, 1.807) is 6.33 Å². The molecule has 14 heavy (non-hydrogen) atoms. The molecule has 0 atom stereocenters. The van der Waals surface area contributed by atoms with Gasteiger partial charge in [0.25, 0.3) is 0 Å². The minimum atomic E-state index is 0.290. The molecule has 0 spiro atoms. The predicted molar refractivity (Wildman–Crippen MR) is 54.6 cm³/mol. The number of rotatable bonds is 3. The minimum absolute atomic E-state index is 0.290. The van der Waals surface area contributed by atoms with Crippen molar-refractivity contribution in [1.82, 2.24) is 20.1 Å². The molecule has 0 aliphatic heterocycles. The Morgan fingerprint density at radius 1 is 1.71 bits per heavy atom. The van der Waals surface area contributed by atoms with Crippen LogP contribution in [0, 0.1) is 0 Å². The van der Waals surface area contributed by atoms with Gasteiger partial charge >= 0.3 is 0 Å². The van der Waals surface area contributed by atoms with Crippen LogP contribution in [0.3, 0.4) is 0 Å². The summed E-state index contributed by atoms with van der Waals surface area (Å²) < 4.78 is 1.81. The molecule has 0 aromatic carbocycles. The lowest BCUT2D eigenvalue weighted by Crippen LogP contribution is -2.36. The van der Waals surface area contributed by atoms with Crippen LogP contribution in [0.5, 0.6) is 0 Å². The van der Waals surface area contributed by atoms with E-state index < -0.39 is 0 Å². The van der Waals surface area contributed by atoms with Crippen molar-refractivity contribution in [2.75, 3.05) is 0 Å². The maximum Gasteiger partial charge on any atom is 0.189 e. The number of nitrogens with one attached hydrogen (secondary N) is 1. The molecular formula is C8H16N6. The smallest absolute Gasteiger partial charge is 0.189 e. The van der Waals surface area contributed by atoms with Crippen molar-refractivity contribution in [2.24, 2.45) is 17.8 Å². The largest absolute Gasteiger partial charge is 0.370 e. The number of hydrogen-bond acceptors (Lipinski definition) is 3. The number of aryl methyl sites for hydroxylation is 1. The molecular weight excluding hydrogens is 180 g/mol. The Labute approximate surface area is 83.2 Å². The highest BCUT2D eigenvalue weighted by Gasteiger charge is 1.99. The molecule has 1 aromatic rings. The van der Waals surface area contributed by atoms with Crippen molar-refractivity contribution >= 4 is 5.96 Å². The predicted octanol–water partition coefficient (Wildman–Crippen LogP) is -0.372. The summed E-state index contributed by atoms with van der Waals surface area (Å²) >= 11 is 0. The Bertz CT molecular complexity index is 313. The zero-order valence-electron chi connectivity index (χ0n) is 8.73. The van der Waals surface area contributed by atoms with Gasteiger partial charge in [0, 0.05) is 13.1 Å². The maximum absolute atomic E-state index is 5.62. The summed E-state index contributed by atoms with van der Waals surface area (Å²) in [5.74, 6) is 1.22. The molecule has 0 radical (unpaired) electrons. The van der Waals surface area contributed by atoms with Crippen LogP contribution in [0.4, 0.5) is 0 Å². The molecule has 1 rings (SSSR count). The molecule has 6 nitrogen and oxygen atoms in total. The second kappa shape index (κ2) is 4.59. The van der Waals surface area contributed by atoms with E-state index in [0.29, 0.717) is 18.5 Å². The number of aliphatic imine (C=N–C) groups is 1. The molecule has 6 heteroatoms. The van der Waals surface area contributed by atoms with Gasteiger partial charge in [-0.15, -0.1) is 10.2 Å². The number of nitrogens with zero attached hydrogens (tertiary/aromatic N) is 4. The lowest BCUT2D eigenvalue weighted by atomic mass is 10.4. The molecule has 0 aliphatic rings. The highest BCUT2D eigenvalue weighted by Crippen LogP contribution is 1.93. The Morgan fingerprint density at radius 2 is 2.43 bits per heavy atom. The van der Waals surface area contributed by atoms with Gasteiger partial charge in [0.15, 0.2) is 11.8 Å². The van der Waals surface area contributed by atoms with Crippen molar-refractivity contribution in [3.63, 3.8) is 0 Å². The zero-order chi connectivity index (χ0) is 10.6. The summed E-state index contributed by atoms with van der Waals surface area (Å²) in [5.41, 5.74) is 5.62. The van der Waals surface area contributed by atoms with Gasteiger partial charge in [-0.05, 0) is 13.8 Å². The molecule has 0 bridgehead atoms. The standard InChI is InChI=1S/C8H16N6/c1-6(2)12-8(9)10-4-7-13-11-5-14(7)3/h5-6H,4H2,1-3H3,(H3,9,10,12). The SMILES string of the molecule is CC(C)NC(N)=NCc1nncn1C. The van der Waals surface area contributed by atoms with Gasteiger partial charge in [0.1, 0.15) is 12.9 Å². The second-order valence-electron chi connectivity index (χ2n) is 3.36. The summed E-state index contributed by atoms with van der Waals surface area (Å²) in [6.45, 7) is 4.46. The third kappa shape index (κ3) is 3.04. The van der Waals surface area contributed by atoms with Crippen LogP contribution >= 0.6 is 0 Å². The van der Waals surface area contributed by atoms with Gasteiger partial charge in [-0.2, -0.15) is 0 Å². The van der Waals surface area contributed by atoms with Gasteiger partial charge in [-0.3, -0.25) is 0 Å². The van der Waals surface area contributed by atoms with Crippen LogP contribution < -0.4 is 11.1 Å². The number of aromatic nitrogens is 3. The van der Waals surface area contributed by atoms with Gasteiger partial charge in [-0.1, -0.05) is 0 Å². The van der Waals surface area contributed by atoms with Gasteiger partial charge in [-0.25, -0.2) is 4.99 Å². The van der Waals surface area contributed by atoms with Crippen LogP contribution in [0.15, 0.2) is 11.3 Å². The van der Waals surface area contributed by atoms with E-state index in [9.17, 15) is 0 Å². The average Bonchev–Trinajstić information content (AvgIpc) is 2.46. The molecule has 0 unspecified atom stereocenters. The monoisotopic (exact) mass is 196 g/mol. The van der Waals surface area contributed by atoms with Crippen molar-refractivity contribution in [1.29, 1.82) is 0 Å². The summed E-state index contributed by atoms with van der Waals surface area (Å²) in [5, 5.41) is 10.6. The quantitative estimate of drug-likeness (QED) is 0.510. The maximum atomic E-state index is 5.62. The summed E-state index contributed by atoms with van der Waals surface area (Å²) in [4.78, 5) is 4.13. The normalized spacial score (nSPS) is 12.1. The van der Waals surface area contributed by atoms with Crippen LogP contribution in [0.2, 0.25) is 0 Å². The Hall–Kier alpha value is -1.59. The van der Waals surface area contributed by atoms with E-state index in [2.05, 4.69) is 20.5 Å². The molecule has 3 N–H and O–H groups in total. The third-order valence-electron chi connectivity index (χ3n) is 1.63. The first-order valence-electron chi connectivity index (χ1n) is 4.49. The number of nitrogens with two attached hydrogens (primary N) is 1. The van der Waals surface area contributed by atoms with Crippen molar-refractivity contribution in [3.05, 3.63) is 12.2 Å². The van der Waals surface area contributed by atoms with E-state index in [4.69, 9.17) is 5.73 Å². The molecule has 1 aromatic heterocycles. The Morgan fingerprint density at radius 3 is 2.93 bits per heavy atom. The number of guanidine groups is 1. The van der Waals surface area contributed by atoms with E-state index >= 15 is 0 Å². The number of hydrogen-bond donors (Lipinski definition) is 2. The fourth-order valence-corrected chi connectivity index (χ4v) is 0.948. The molecule has 0 saturated heterocycles. The first-order chi connectivity index (χ1) is 6.59. The van der Waals surface area contributed by atoms with E-state index in [-0.39, 0.29) is 0 Å². The van der Waals surface area contributed by atoms with Gasteiger partial charge in [0.2, 0.25) is 0 Å². The molecule has 0 fully saturated rings. The van der Waals surface area contributed by atoms with Crippen LogP contribution in [0.1, 0.15) is 19.7 Å². The summed E-state index contributed by atoms with van der Waals surface area (Å²) in [6, 6.07) is 0.290. The third-order valence-corrected chi connectivity index (χ3v) is 1.63. The molecule has 0 amide bonds. The van der Waals surface area contributed by atoms with E-state index in [1.807, 2.05) is 25.5 Å². The average molecular weight is 196 g/mol. The summed E-state index contributed by atoms with van der Waals surface area (Å²) in [7, 11) is 1.87. The first-order valence-corrected chi connectivity index (χ1v) is 4.49.